The molecule has 0 aliphatic carbocycles. The second kappa shape index (κ2) is 5.67. The number of hydrogen-bond donors (Lipinski definition) is 1. The zero-order valence-electron chi connectivity index (χ0n) is 7.88. The molecule has 88 valence electrons. The quantitative estimate of drug-likeness (QED) is 0.663. The molecule has 0 bridgehead atoms. The van der Waals surface area contributed by atoms with Gasteiger partial charge in [-0.05, 0) is 33.1 Å². The van der Waals surface area contributed by atoms with Crippen molar-refractivity contribution in [3.05, 3.63) is 27.5 Å². The van der Waals surface area contributed by atoms with E-state index in [1.165, 1.54) is 0 Å². The van der Waals surface area contributed by atoms with Crippen LogP contribution in [-0.4, -0.2) is 16.1 Å². The van der Waals surface area contributed by atoms with Crippen molar-refractivity contribution in [1.29, 1.82) is 0 Å². The van der Waals surface area contributed by atoms with Crippen molar-refractivity contribution in [2.45, 2.75) is 18.2 Å². The number of nitrogens with zero attached hydrogens (tertiary/aromatic N) is 1. The lowest BCUT2D eigenvalue weighted by Gasteiger charge is -2.09. The first-order valence-electron chi connectivity index (χ1n) is 4.19. The molecule has 0 aliphatic rings. The van der Waals surface area contributed by atoms with E-state index in [1.807, 2.05) is 0 Å². The Balaban J connectivity index is 3.24. The van der Waals surface area contributed by atoms with Gasteiger partial charge in [0.1, 0.15) is 10.3 Å². The summed E-state index contributed by atoms with van der Waals surface area (Å²) in [5.74, 6) is -1.07. The first kappa shape index (κ1) is 13.5. The van der Waals surface area contributed by atoms with Gasteiger partial charge in [0.2, 0.25) is 0 Å². The van der Waals surface area contributed by atoms with Crippen LogP contribution in [0.2, 0.25) is 0 Å². The van der Waals surface area contributed by atoms with Gasteiger partial charge in [-0.1, -0.05) is 15.9 Å². The van der Waals surface area contributed by atoms with Gasteiger partial charge >= 0.3 is 5.97 Å². The molecule has 16 heavy (non-hydrogen) atoms. The van der Waals surface area contributed by atoms with Crippen molar-refractivity contribution in [2.75, 3.05) is 0 Å². The summed E-state index contributed by atoms with van der Waals surface area (Å²) in [7, 11) is 0. The molecular formula is C9H7Br2F2NO2. The minimum atomic E-state index is -2.71. The highest BCUT2D eigenvalue weighted by atomic mass is 79.9. The van der Waals surface area contributed by atoms with E-state index in [9.17, 15) is 13.6 Å². The normalized spacial score (nSPS) is 10.8. The van der Waals surface area contributed by atoms with Crippen LogP contribution in [0.15, 0.2) is 10.7 Å². The topological polar surface area (TPSA) is 50.2 Å². The minimum Gasteiger partial charge on any atom is -0.481 e. The molecule has 0 aromatic carbocycles. The number of aromatic nitrogens is 1. The van der Waals surface area contributed by atoms with Crippen LogP contribution in [0.1, 0.15) is 23.2 Å². The maximum atomic E-state index is 12.5. The van der Waals surface area contributed by atoms with Crippen LogP contribution in [0.5, 0.6) is 0 Å². The van der Waals surface area contributed by atoms with E-state index in [0.29, 0.717) is 16.5 Å². The molecule has 0 fully saturated rings. The molecule has 0 radical (unpaired) electrons. The minimum absolute atomic E-state index is 0.249. The molecular weight excluding hydrogens is 352 g/mol. The lowest BCUT2D eigenvalue weighted by Crippen LogP contribution is -2.06. The van der Waals surface area contributed by atoms with Crippen molar-refractivity contribution in [2.24, 2.45) is 0 Å². The molecule has 0 spiro atoms. The smallest absolute Gasteiger partial charge is 0.307 e. The summed E-state index contributed by atoms with van der Waals surface area (Å²) >= 11 is 6.21. The Labute approximate surface area is 107 Å². The number of carboxylic acids is 1. The van der Waals surface area contributed by atoms with Gasteiger partial charge in [-0.25, -0.2) is 13.8 Å². The predicted molar refractivity (Wildman–Crippen MR) is 60.9 cm³/mol. The SMILES string of the molecule is O=C(O)Cc1cc(C(F)F)nc(Br)c1CBr. The number of aliphatic carboxylic acids is 1. The number of carbonyl (C=O) groups is 1. The summed E-state index contributed by atoms with van der Waals surface area (Å²) in [6, 6.07) is 1.13. The van der Waals surface area contributed by atoms with Crippen molar-refractivity contribution >= 4 is 37.8 Å². The van der Waals surface area contributed by atoms with Crippen LogP contribution in [0.3, 0.4) is 0 Å². The summed E-state index contributed by atoms with van der Waals surface area (Å²) in [5.41, 5.74) is 0.487. The number of rotatable bonds is 4. The van der Waals surface area contributed by atoms with Crippen LogP contribution in [0, 0.1) is 0 Å². The van der Waals surface area contributed by atoms with Crippen LogP contribution in [-0.2, 0) is 16.5 Å². The van der Waals surface area contributed by atoms with Crippen LogP contribution < -0.4 is 0 Å². The zero-order valence-corrected chi connectivity index (χ0v) is 11.1. The van der Waals surface area contributed by atoms with Crippen LogP contribution in [0.4, 0.5) is 8.78 Å². The third-order valence-electron chi connectivity index (χ3n) is 1.88. The number of hydrogen-bond acceptors (Lipinski definition) is 2. The van der Waals surface area contributed by atoms with Crippen molar-refractivity contribution in [3.8, 4) is 0 Å². The standard InChI is InChI=1S/C9H7Br2F2NO2/c10-3-5-4(2-7(15)16)1-6(9(12)13)14-8(5)11/h1,9H,2-3H2,(H,15,16). The first-order chi connectivity index (χ1) is 7.45. The fourth-order valence-electron chi connectivity index (χ4n) is 1.18. The molecule has 1 aromatic rings. The molecule has 1 aromatic heterocycles. The molecule has 7 heteroatoms. The summed E-state index contributed by atoms with van der Waals surface area (Å²) in [6.45, 7) is 0. The van der Waals surface area contributed by atoms with Gasteiger partial charge in [-0.2, -0.15) is 0 Å². The summed E-state index contributed by atoms with van der Waals surface area (Å²) in [4.78, 5) is 14.2. The summed E-state index contributed by atoms with van der Waals surface area (Å²) in [6.07, 6.45) is -3.02. The molecule has 0 unspecified atom stereocenters. The Hall–Kier alpha value is -0.560. The van der Waals surface area contributed by atoms with E-state index in [-0.39, 0.29) is 11.0 Å². The Kier molecular flexibility index (Phi) is 4.79. The largest absolute Gasteiger partial charge is 0.481 e. The second-order valence-electron chi connectivity index (χ2n) is 2.98. The van der Waals surface area contributed by atoms with E-state index >= 15 is 0 Å². The van der Waals surface area contributed by atoms with E-state index in [2.05, 4.69) is 36.8 Å². The Morgan fingerprint density at radius 2 is 2.19 bits per heavy atom. The molecule has 1 rings (SSSR count). The highest BCUT2D eigenvalue weighted by Crippen LogP contribution is 2.27. The van der Waals surface area contributed by atoms with Gasteiger partial charge in [0.25, 0.3) is 6.43 Å². The number of pyridine rings is 1. The van der Waals surface area contributed by atoms with Gasteiger partial charge in [0.05, 0.1) is 6.42 Å². The van der Waals surface area contributed by atoms with Crippen molar-refractivity contribution in [3.63, 3.8) is 0 Å². The third kappa shape index (κ3) is 3.21. The molecule has 3 nitrogen and oxygen atoms in total. The average molecular weight is 359 g/mol. The molecule has 1 N–H and O–H groups in total. The van der Waals surface area contributed by atoms with Crippen molar-refractivity contribution < 1.29 is 18.7 Å². The van der Waals surface area contributed by atoms with E-state index < -0.39 is 18.1 Å². The first-order valence-corrected chi connectivity index (χ1v) is 6.11. The Bertz CT molecular complexity index is 413. The van der Waals surface area contributed by atoms with Gasteiger partial charge in [-0.3, -0.25) is 4.79 Å². The molecule has 0 saturated heterocycles. The Morgan fingerprint density at radius 3 is 2.62 bits per heavy atom. The number of alkyl halides is 3. The van der Waals surface area contributed by atoms with Gasteiger partial charge < -0.3 is 5.11 Å². The molecule has 0 atom stereocenters. The van der Waals surface area contributed by atoms with Gasteiger partial charge in [0, 0.05) is 5.33 Å². The number of carboxylic acid groups (broad SMARTS) is 1. The zero-order chi connectivity index (χ0) is 12.3. The van der Waals surface area contributed by atoms with E-state index in [1.54, 1.807) is 0 Å². The highest BCUT2D eigenvalue weighted by molar-refractivity contribution is 9.10. The fourth-order valence-corrected chi connectivity index (χ4v) is 2.79. The molecule has 0 saturated carbocycles. The van der Waals surface area contributed by atoms with Gasteiger partial charge in [-0.15, -0.1) is 0 Å². The van der Waals surface area contributed by atoms with E-state index in [0.717, 1.165) is 6.07 Å². The second-order valence-corrected chi connectivity index (χ2v) is 4.29. The monoisotopic (exact) mass is 357 g/mol. The lowest BCUT2D eigenvalue weighted by atomic mass is 10.1. The maximum absolute atomic E-state index is 12.5. The molecule has 0 amide bonds. The Morgan fingerprint density at radius 1 is 1.56 bits per heavy atom. The fraction of sp³-hybridized carbons (Fsp3) is 0.333. The van der Waals surface area contributed by atoms with Crippen LogP contribution in [0.25, 0.3) is 0 Å². The molecule has 1 heterocycles. The predicted octanol–water partition coefficient (Wildman–Crippen LogP) is 3.30. The highest BCUT2D eigenvalue weighted by Gasteiger charge is 2.17. The molecule has 0 aliphatic heterocycles. The summed E-state index contributed by atoms with van der Waals surface area (Å²) < 4.78 is 25.2. The lowest BCUT2D eigenvalue weighted by molar-refractivity contribution is -0.136. The maximum Gasteiger partial charge on any atom is 0.307 e. The van der Waals surface area contributed by atoms with E-state index in [4.69, 9.17) is 5.11 Å². The summed E-state index contributed by atoms with van der Waals surface area (Å²) in [5, 5.41) is 9.02. The third-order valence-corrected chi connectivity index (χ3v) is 3.10. The average Bonchev–Trinajstić information content (AvgIpc) is 2.16. The van der Waals surface area contributed by atoms with Gasteiger partial charge in [0.15, 0.2) is 0 Å². The number of halogens is 4. The van der Waals surface area contributed by atoms with Crippen LogP contribution >= 0.6 is 31.9 Å². The van der Waals surface area contributed by atoms with Crippen molar-refractivity contribution in [1.82, 2.24) is 4.98 Å².